The van der Waals surface area contributed by atoms with E-state index in [0.29, 0.717) is 19.2 Å². The molecule has 0 amide bonds. The van der Waals surface area contributed by atoms with Gasteiger partial charge in [-0.1, -0.05) is 18.2 Å². The lowest BCUT2D eigenvalue weighted by atomic mass is 10.2. The van der Waals surface area contributed by atoms with Crippen LogP contribution >= 0.6 is 0 Å². The third-order valence-corrected chi connectivity index (χ3v) is 3.65. The van der Waals surface area contributed by atoms with Gasteiger partial charge in [-0.2, -0.15) is 0 Å². The first-order chi connectivity index (χ1) is 10.0. The van der Waals surface area contributed by atoms with E-state index in [0.717, 1.165) is 30.8 Å². The highest BCUT2D eigenvalue weighted by Crippen LogP contribution is 2.16. The Labute approximate surface area is 129 Å². The van der Waals surface area contributed by atoms with Crippen LogP contribution in [0.5, 0.6) is 5.75 Å². The molecule has 0 saturated carbocycles. The van der Waals surface area contributed by atoms with E-state index in [1.54, 1.807) is 0 Å². The highest BCUT2D eigenvalue weighted by molar-refractivity contribution is 5.31. The number of nitrogens with one attached hydrogen (secondary N) is 1. The molecule has 4 heteroatoms. The van der Waals surface area contributed by atoms with Crippen LogP contribution < -0.4 is 10.1 Å². The van der Waals surface area contributed by atoms with Crippen LogP contribution in [0.15, 0.2) is 24.3 Å². The summed E-state index contributed by atoms with van der Waals surface area (Å²) in [7, 11) is 2.13. The molecule has 1 unspecified atom stereocenters. The minimum absolute atomic E-state index is 0.323. The minimum atomic E-state index is -0.479. The molecule has 0 saturated heterocycles. The second-order valence-corrected chi connectivity index (χ2v) is 5.86. The van der Waals surface area contributed by atoms with Crippen LogP contribution in [-0.2, 0) is 0 Å². The fraction of sp³-hybridized carbons (Fsp3) is 0.647. The molecule has 21 heavy (non-hydrogen) atoms. The van der Waals surface area contributed by atoms with Crippen molar-refractivity contribution in [2.75, 3.05) is 33.3 Å². The van der Waals surface area contributed by atoms with E-state index in [1.807, 2.05) is 31.2 Å². The molecule has 1 atom stereocenters. The number of aliphatic hydroxyl groups excluding tert-OH is 1. The number of hydrogen-bond acceptors (Lipinski definition) is 4. The smallest absolute Gasteiger partial charge is 0.122 e. The average molecular weight is 294 g/mol. The molecule has 4 nitrogen and oxygen atoms in total. The lowest BCUT2D eigenvalue weighted by Crippen LogP contribution is -2.34. The highest BCUT2D eigenvalue weighted by atomic mass is 16.5. The van der Waals surface area contributed by atoms with Crippen molar-refractivity contribution in [1.82, 2.24) is 10.2 Å². The Morgan fingerprint density at radius 2 is 2.00 bits per heavy atom. The lowest BCUT2D eigenvalue weighted by Gasteiger charge is -2.21. The van der Waals surface area contributed by atoms with Crippen LogP contribution in [0.1, 0.15) is 25.8 Å². The van der Waals surface area contributed by atoms with Gasteiger partial charge in [0.15, 0.2) is 0 Å². The summed E-state index contributed by atoms with van der Waals surface area (Å²) in [6.07, 6.45) is 0.604. The zero-order valence-electron chi connectivity index (χ0n) is 13.8. The number of benzene rings is 1. The summed E-state index contributed by atoms with van der Waals surface area (Å²) < 4.78 is 5.63. The van der Waals surface area contributed by atoms with Crippen molar-refractivity contribution in [3.63, 3.8) is 0 Å². The summed E-state index contributed by atoms with van der Waals surface area (Å²) in [6, 6.07) is 8.44. The molecule has 0 radical (unpaired) electrons. The van der Waals surface area contributed by atoms with Gasteiger partial charge in [-0.25, -0.2) is 0 Å². The van der Waals surface area contributed by atoms with E-state index in [1.165, 1.54) is 0 Å². The maximum atomic E-state index is 9.90. The Kier molecular flexibility index (Phi) is 8.35. The molecule has 0 aliphatic heterocycles. The van der Waals surface area contributed by atoms with Gasteiger partial charge in [0.25, 0.3) is 0 Å². The molecule has 0 aliphatic carbocycles. The van der Waals surface area contributed by atoms with Gasteiger partial charge in [-0.3, -0.25) is 0 Å². The monoisotopic (exact) mass is 294 g/mol. The highest BCUT2D eigenvalue weighted by Gasteiger charge is 2.06. The Hall–Kier alpha value is -1.10. The number of rotatable bonds is 10. The molecule has 0 aromatic heterocycles. The van der Waals surface area contributed by atoms with E-state index in [4.69, 9.17) is 4.74 Å². The lowest BCUT2D eigenvalue weighted by molar-refractivity contribution is 0.106. The fourth-order valence-electron chi connectivity index (χ4n) is 1.94. The third kappa shape index (κ3) is 7.46. The molecular formula is C17H30N2O2. The third-order valence-electron chi connectivity index (χ3n) is 3.65. The number of nitrogens with zero attached hydrogens (tertiary/aromatic N) is 1. The molecule has 1 aromatic rings. The van der Waals surface area contributed by atoms with E-state index in [9.17, 15) is 5.11 Å². The van der Waals surface area contributed by atoms with Crippen molar-refractivity contribution in [3.8, 4) is 5.75 Å². The molecule has 0 bridgehead atoms. The molecule has 2 N–H and O–H groups in total. The number of para-hydroxylation sites is 1. The second kappa shape index (κ2) is 9.77. The van der Waals surface area contributed by atoms with Gasteiger partial charge in [-0.15, -0.1) is 0 Å². The quantitative estimate of drug-likeness (QED) is 0.648. The average Bonchev–Trinajstić information content (AvgIpc) is 2.45. The van der Waals surface area contributed by atoms with Gasteiger partial charge in [0, 0.05) is 12.6 Å². The zero-order chi connectivity index (χ0) is 15.7. The predicted octanol–water partition coefficient (Wildman–Crippen LogP) is 2.05. The van der Waals surface area contributed by atoms with Gasteiger partial charge >= 0.3 is 0 Å². The molecular weight excluding hydrogens is 264 g/mol. The van der Waals surface area contributed by atoms with Crippen molar-refractivity contribution in [2.45, 2.75) is 39.3 Å². The predicted molar refractivity (Wildman–Crippen MR) is 87.9 cm³/mol. The van der Waals surface area contributed by atoms with Crippen LogP contribution in [0, 0.1) is 6.92 Å². The first-order valence-electron chi connectivity index (χ1n) is 7.78. The molecule has 0 heterocycles. The fourth-order valence-corrected chi connectivity index (χ4v) is 1.94. The van der Waals surface area contributed by atoms with Crippen molar-refractivity contribution >= 4 is 0 Å². The van der Waals surface area contributed by atoms with Gasteiger partial charge in [0.2, 0.25) is 0 Å². The van der Waals surface area contributed by atoms with E-state index >= 15 is 0 Å². The Morgan fingerprint density at radius 3 is 2.67 bits per heavy atom. The van der Waals surface area contributed by atoms with Crippen molar-refractivity contribution in [2.24, 2.45) is 0 Å². The summed E-state index contributed by atoms with van der Waals surface area (Å²) in [6.45, 7) is 9.27. The summed E-state index contributed by atoms with van der Waals surface area (Å²) in [5.41, 5.74) is 1.09. The summed E-state index contributed by atoms with van der Waals surface area (Å²) in [4.78, 5) is 2.32. The van der Waals surface area contributed by atoms with Crippen LogP contribution in [-0.4, -0.2) is 55.4 Å². The maximum Gasteiger partial charge on any atom is 0.122 e. The number of aryl methyl sites for hydroxylation is 1. The standard InChI is InChI=1S/C17H30N2O2/c1-14(2)19(4)11-7-10-18-12-16(20)13-21-17-9-6-5-8-15(17)3/h5-6,8-9,14,16,18,20H,7,10-13H2,1-4H3. The number of ether oxygens (including phenoxy) is 1. The molecule has 1 aromatic carbocycles. The van der Waals surface area contributed by atoms with Crippen molar-refractivity contribution < 1.29 is 9.84 Å². The second-order valence-electron chi connectivity index (χ2n) is 5.86. The van der Waals surface area contributed by atoms with Gasteiger partial charge < -0.3 is 20.1 Å². The van der Waals surface area contributed by atoms with E-state index in [-0.39, 0.29) is 0 Å². The van der Waals surface area contributed by atoms with Gasteiger partial charge in [-0.05, 0) is 59.0 Å². The Bertz CT molecular complexity index is 396. The van der Waals surface area contributed by atoms with E-state index in [2.05, 4.69) is 31.1 Å². The molecule has 0 fully saturated rings. The maximum absolute atomic E-state index is 9.90. The van der Waals surface area contributed by atoms with Gasteiger partial charge in [0.1, 0.15) is 18.5 Å². The summed E-state index contributed by atoms with van der Waals surface area (Å²) in [5, 5.41) is 13.2. The Balaban J connectivity index is 2.09. The number of aliphatic hydroxyl groups is 1. The largest absolute Gasteiger partial charge is 0.491 e. The van der Waals surface area contributed by atoms with Crippen LogP contribution in [0.25, 0.3) is 0 Å². The first kappa shape index (κ1) is 18.0. The van der Waals surface area contributed by atoms with Crippen molar-refractivity contribution in [3.05, 3.63) is 29.8 Å². The molecule has 120 valence electrons. The Morgan fingerprint density at radius 1 is 1.29 bits per heavy atom. The zero-order valence-corrected chi connectivity index (χ0v) is 13.8. The molecule has 0 spiro atoms. The number of hydrogen-bond donors (Lipinski definition) is 2. The summed E-state index contributed by atoms with van der Waals surface area (Å²) >= 11 is 0. The van der Waals surface area contributed by atoms with Crippen molar-refractivity contribution in [1.29, 1.82) is 0 Å². The SMILES string of the molecule is Cc1ccccc1OCC(O)CNCCCN(C)C(C)C. The van der Waals surface area contributed by atoms with Crippen LogP contribution in [0.3, 0.4) is 0 Å². The minimum Gasteiger partial charge on any atom is -0.491 e. The first-order valence-corrected chi connectivity index (χ1v) is 7.78. The van der Waals surface area contributed by atoms with Gasteiger partial charge in [0.05, 0.1) is 0 Å². The molecule has 1 rings (SSSR count). The molecule has 0 aliphatic rings. The van der Waals surface area contributed by atoms with Crippen LogP contribution in [0.4, 0.5) is 0 Å². The summed E-state index contributed by atoms with van der Waals surface area (Å²) in [5.74, 6) is 0.843. The topological polar surface area (TPSA) is 44.7 Å². The van der Waals surface area contributed by atoms with E-state index < -0.39 is 6.10 Å². The van der Waals surface area contributed by atoms with Crippen LogP contribution in [0.2, 0.25) is 0 Å². The normalized spacial score (nSPS) is 12.9.